The van der Waals surface area contributed by atoms with Gasteiger partial charge in [0.15, 0.2) is 0 Å². The van der Waals surface area contributed by atoms with Gasteiger partial charge in [-0.3, -0.25) is 4.79 Å². The molecule has 1 fully saturated rings. The van der Waals surface area contributed by atoms with Crippen molar-refractivity contribution >= 4 is 15.9 Å². The molecule has 0 radical (unpaired) electrons. The van der Waals surface area contributed by atoms with Crippen molar-refractivity contribution in [1.82, 2.24) is 14.5 Å². The molecule has 1 aliphatic heterocycles. The van der Waals surface area contributed by atoms with E-state index in [0.29, 0.717) is 25.2 Å². The Morgan fingerprint density at radius 3 is 2.37 bits per heavy atom. The molecule has 162 valence electrons. The molecule has 0 saturated carbocycles. The average molecular weight is 430 g/mol. The lowest BCUT2D eigenvalue weighted by Crippen LogP contribution is -2.34. The fourth-order valence-corrected chi connectivity index (χ4v) is 5.30. The van der Waals surface area contributed by atoms with Crippen molar-refractivity contribution in [3.8, 4) is 0 Å². The number of sulfonamides is 1. The maximum absolute atomic E-state index is 12.8. The van der Waals surface area contributed by atoms with Gasteiger partial charge in [0.2, 0.25) is 10.0 Å². The lowest BCUT2D eigenvalue weighted by molar-refractivity contribution is 0.0941. The monoisotopic (exact) mass is 429 g/mol. The Bertz CT molecular complexity index is 965. The van der Waals surface area contributed by atoms with Crippen LogP contribution >= 0.6 is 0 Å². The van der Waals surface area contributed by atoms with E-state index in [-0.39, 0.29) is 16.8 Å². The van der Waals surface area contributed by atoms with Crippen LogP contribution in [-0.2, 0) is 16.4 Å². The lowest BCUT2D eigenvalue weighted by atomic mass is 10.0. The first-order chi connectivity index (χ1) is 14.3. The summed E-state index contributed by atoms with van der Waals surface area (Å²) in [6.45, 7) is 3.64. The Morgan fingerprint density at radius 2 is 1.77 bits per heavy atom. The van der Waals surface area contributed by atoms with Crippen LogP contribution in [0.1, 0.15) is 47.3 Å². The summed E-state index contributed by atoms with van der Waals surface area (Å²) in [6, 6.07) is 14.8. The van der Waals surface area contributed by atoms with E-state index in [1.165, 1.54) is 15.9 Å². The van der Waals surface area contributed by atoms with Gasteiger partial charge in [-0.2, -0.15) is 4.31 Å². The van der Waals surface area contributed by atoms with Crippen LogP contribution in [-0.4, -0.2) is 57.3 Å². The van der Waals surface area contributed by atoms with Gasteiger partial charge >= 0.3 is 0 Å². The summed E-state index contributed by atoms with van der Waals surface area (Å²) in [5, 5.41) is 2.97. The predicted octanol–water partition coefficient (Wildman–Crippen LogP) is 3.07. The number of amides is 1. The molecule has 0 aromatic heterocycles. The molecule has 6 nitrogen and oxygen atoms in total. The van der Waals surface area contributed by atoms with Crippen molar-refractivity contribution in [3.63, 3.8) is 0 Å². The van der Waals surface area contributed by atoms with E-state index < -0.39 is 10.0 Å². The van der Waals surface area contributed by atoms with Crippen molar-refractivity contribution in [2.24, 2.45) is 0 Å². The topological polar surface area (TPSA) is 69.7 Å². The van der Waals surface area contributed by atoms with Crippen molar-refractivity contribution in [3.05, 3.63) is 65.2 Å². The predicted molar refractivity (Wildman–Crippen MR) is 119 cm³/mol. The standard InChI is InChI=1S/C23H31N3O3S/c1-4-18-10-12-19(13-11-18)22(25(2)3)17-24-23(27)20-8-7-9-21(16-20)30(28,29)26-14-5-6-15-26/h7-13,16,22H,4-6,14-15,17H2,1-3H3,(H,24,27). The van der Waals surface area contributed by atoms with E-state index >= 15 is 0 Å². The molecule has 30 heavy (non-hydrogen) atoms. The molecule has 1 aliphatic rings. The molecule has 1 N–H and O–H groups in total. The third-order valence-corrected chi connectivity index (χ3v) is 7.55. The van der Waals surface area contributed by atoms with Gasteiger partial charge in [0, 0.05) is 25.2 Å². The summed E-state index contributed by atoms with van der Waals surface area (Å²) in [5.41, 5.74) is 2.76. The maximum atomic E-state index is 12.8. The number of aryl methyl sites for hydroxylation is 1. The maximum Gasteiger partial charge on any atom is 0.251 e. The molecule has 1 heterocycles. The summed E-state index contributed by atoms with van der Waals surface area (Å²) in [4.78, 5) is 15.0. The first-order valence-electron chi connectivity index (χ1n) is 10.5. The smallest absolute Gasteiger partial charge is 0.251 e. The highest BCUT2D eigenvalue weighted by molar-refractivity contribution is 7.89. The summed E-state index contributed by atoms with van der Waals surface area (Å²) in [5.74, 6) is -0.273. The minimum atomic E-state index is -3.54. The molecule has 1 amide bonds. The molecule has 3 rings (SSSR count). The van der Waals surface area contributed by atoms with Gasteiger partial charge in [-0.05, 0) is 62.7 Å². The third kappa shape index (κ3) is 5.09. The van der Waals surface area contributed by atoms with Gasteiger partial charge in [-0.15, -0.1) is 0 Å². The molecule has 1 saturated heterocycles. The quantitative estimate of drug-likeness (QED) is 0.700. The van der Waals surface area contributed by atoms with Crippen molar-refractivity contribution in [1.29, 1.82) is 0 Å². The number of nitrogens with one attached hydrogen (secondary N) is 1. The lowest BCUT2D eigenvalue weighted by Gasteiger charge is -2.25. The number of hydrogen-bond acceptors (Lipinski definition) is 4. The third-order valence-electron chi connectivity index (χ3n) is 5.65. The van der Waals surface area contributed by atoms with Crippen molar-refractivity contribution in [2.45, 2.75) is 37.1 Å². The Morgan fingerprint density at radius 1 is 1.10 bits per heavy atom. The van der Waals surface area contributed by atoms with Gasteiger partial charge in [-0.25, -0.2) is 8.42 Å². The van der Waals surface area contributed by atoms with Gasteiger partial charge in [0.05, 0.1) is 10.9 Å². The Labute approximate surface area is 179 Å². The molecule has 0 spiro atoms. The zero-order valence-electron chi connectivity index (χ0n) is 18.0. The second-order valence-corrected chi connectivity index (χ2v) is 9.86. The van der Waals surface area contributed by atoms with Crippen LogP contribution in [0.2, 0.25) is 0 Å². The number of rotatable bonds is 8. The van der Waals surface area contributed by atoms with Crippen LogP contribution in [0, 0.1) is 0 Å². The van der Waals surface area contributed by atoms with Gasteiger partial charge in [0.1, 0.15) is 0 Å². The van der Waals surface area contributed by atoms with Crippen LogP contribution in [0.25, 0.3) is 0 Å². The fraction of sp³-hybridized carbons (Fsp3) is 0.435. The minimum Gasteiger partial charge on any atom is -0.350 e. The molecular formula is C23H31N3O3S. The van der Waals surface area contributed by atoms with Crippen LogP contribution in [0.15, 0.2) is 53.4 Å². The van der Waals surface area contributed by atoms with Gasteiger partial charge < -0.3 is 10.2 Å². The zero-order chi connectivity index (χ0) is 21.7. The Kier molecular flexibility index (Phi) is 7.28. The number of hydrogen-bond donors (Lipinski definition) is 1. The molecular weight excluding hydrogens is 398 g/mol. The van der Waals surface area contributed by atoms with Crippen LogP contribution in [0.4, 0.5) is 0 Å². The molecule has 1 atom stereocenters. The molecule has 2 aromatic carbocycles. The number of carbonyl (C=O) groups excluding carboxylic acids is 1. The SMILES string of the molecule is CCc1ccc(C(CNC(=O)c2cccc(S(=O)(=O)N3CCCC3)c2)N(C)C)cc1. The minimum absolute atomic E-state index is 0.0244. The van der Waals surface area contributed by atoms with Crippen LogP contribution in [0.5, 0.6) is 0 Å². The highest BCUT2D eigenvalue weighted by atomic mass is 32.2. The fourth-order valence-electron chi connectivity index (χ4n) is 3.74. The molecule has 1 unspecified atom stereocenters. The Hall–Kier alpha value is -2.22. The normalized spacial score (nSPS) is 16.0. The van der Waals surface area contributed by atoms with Crippen molar-refractivity contribution < 1.29 is 13.2 Å². The molecule has 0 bridgehead atoms. The molecule has 2 aromatic rings. The van der Waals surface area contributed by atoms with E-state index in [9.17, 15) is 13.2 Å². The second kappa shape index (κ2) is 9.73. The van der Waals surface area contributed by atoms with Crippen LogP contribution < -0.4 is 5.32 Å². The largest absolute Gasteiger partial charge is 0.350 e. The molecule has 0 aliphatic carbocycles. The first kappa shape index (κ1) is 22.5. The average Bonchev–Trinajstić information content (AvgIpc) is 3.30. The van der Waals surface area contributed by atoms with E-state index in [2.05, 4.69) is 41.4 Å². The summed E-state index contributed by atoms with van der Waals surface area (Å²) >= 11 is 0. The highest BCUT2D eigenvalue weighted by Gasteiger charge is 2.27. The first-order valence-corrected chi connectivity index (χ1v) is 11.9. The summed E-state index contributed by atoms with van der Waals surface area (Å²) < 4.78 is 27.1. The number of carbonyl (C=O) groups is 1. The highest BCUT2D eigenvalue weighted by Crippen LogP contribution is 2.22. The number of likely N-dealkylation sites (N-methyl/N-ethyl adjacent to an activating group) is 1. The molecule has 7 heteroatoms. The van der Waals surface area contributed by atoms with E-state index in [0.717, 1.165) is 24.8 Å². The summed E-state index contributed by atoms with van der Waals surface area (Å²) in [7, 11) is 0.416. The zero-order valence-corrected chi connectivity index (χ0v) is 18.8. The number of benzene rings is 2. The van der Waals surface area contributed by atoms with E-state index in [1.54, 1.807) is 18.2 Å². The van der Waals surface area contributed by atoms with E-state index in [4.69, 9.17) is 0 Å². The Balaban J connectivity index is 1.71. The van der Waals surface area contributed by atoms with Gasteiger partial charge in [0.25, 0.3) is 5.91 Å². The van der Waals surface area contributed by atoms with Gasteiger partial charge in [-0.1, -0.05) is 37.3 Å². The van der Waals surface area contributed by atoms with E-state index in [1.807, 2.05) is 14.1 Å². The van der Waals surface area contributed by atoms with Crippen LogP contribution in [0.3, 0.4) is 0 Å². The number of nitrogens with zero attached hydrogens (tertiary/aromatic N) is 2. The summed E-state index contributed by atoms with van der Waals surface area (Å²) in [6.07, 6.45) is 2.75. The van der Waals surface area contributed by atoms with Crippen molar-refractivity contribution in [2.75, 3.05) is 33.7 Å². The second-order valence-electron chi connectivity index (χ2n) is 7.92.